The van der Waals surface area contributed by atoms with Crippen LogP contribution in [0.4, 0.5) is 0 Å². The summed E-state index contributed by atoms with van der Waals surface area (Å²) in [4.78, 5) is 22.8. The van der Waals surface area contributed by atoms with Gasteiger partial charge in [0.15, 0.2) is 0 Å². The van der Waals surface area contributed by atoms with Gasteiger partial charge in [-0.15, -0.1) is 0 Å². The van der Waals surface area contributed by atoms with E-state index in [0.29, 0.717) is 25.3 Å². The normalized spacial score (nSPS) is 26.5. The molecule has 90 valence electrons. The van der Waals surface area contributed by atoms with E-state index in [-0.39, 0.29) is 17.7 Å². The molecular formula is C12H20N2O2. The van der Waals surface area contributed by atoms with E-state index in [1.807, 2.05) is 0 Å². The second-order valence-corrected chi connectivity index (χ2v) is 4.94. The lowest BCUT2D eigenvalue weighted by molar-refractivity contribution is -0.129. The Morgan fingerprint density at radius 2 is 2.06 bits per heavy atom. The van der Waals surface area contributed by atoms with Crippen LogP contribution in [0.15, 0.2) is 0 Å². The van der Waals surface area contributed by atoms with Gasteiger partial charge in [0.1, 0.15) is 0 Å². The largest absolute Gasteiger partial charge is 0.356 e. The number of nitrogens with one attached hydrogen (secondary N) is 2. The van der Waals surface area contributed by atoms with Gasteiger partial charge in [0.2, 0.25) is 11.8 Å². The van der Waals surface area contributed by atoms with E-state index < -0.39 is 0 Å². The lowest BCUT2D eigenvalue weighted by Gasteiger charge is -2.22. The fourth-order valence-electron chi connectivity index (χ4n) is 2.56. The predicted octanol–water partition coefficient (Wildman–Crippen LogP) is 0.819. The maximum absolute atomic E-state index is 11.8. The number of carbonyl (C=O) groups is 2. The molecule has 1 unspecified atom stereocenters. The van der Waals surface area contributed by atoms with Crippen molar-refractivity contribution in [2.45, 2.75) is 38.5 Å². The van der Waals surface area contributed by atoms with E-state index in [0.717, 1.165) is 6.54 Å². The molecule has 0 bridgehead atoms. The minimum Gasteiger partial charge on any atom is -0.356 e. The molecule has 1 aliphatic carbocycles. The Bertz CT molecular complexity index is 262. The lowest BCUT2D eigenvalue weighted by Crippen LogP contribution is -2.43. The number of carbonyl (C=O) groups excluding carboxylic acids is 2. The molecule has 0 aromatic carbocycles. The van der Waals surface area contributed by atoms with Crippen LogP contribution in [-0.4, -0.2) is 24.9 Å². The van der Waals surface area contributed by atoms with Crippen molar-refractivity contribution < 1.29 is 9.59 Å². The van der Waals surface area contributed by atoms with E-state index >= 15 is 0 Å². The van der Waals surface area contributed by atoms with Gasteiger partial charge in [0.25, 0.3) is 0 Å². The van der Waals surface area contributed by atoms with Crippen LogP contribution in [0, 0.1) is 11.8 Å². The molecule has 1 aliphatic heterocycles. The monoisotopic (exact) mass is 224 g/mol. The van der Waals surface area contributed by atoms with E-state index in [9.17, 15) is 9.59 Å². The number of piperidine rings is 1. The van der Waals surface area contributed by atoms with Gasteiger partial charge in [0.05, 0.1) is 5.92 Å². The number of amides is 2. The average molecular weight is 224 g/mol. The maximum Gasteiger partial charge on any atom is 0.224 e. The summed E-state index contributed by atoms with van der Waals surface area (Å²) < 4.78 is 0. The summed E-state index contributed by atoms with van der Waals surface area (Å²) in [5.41, 5.74) is 0. The topological polar surface area (TPSA) is 58.2 Å². The average Bonchev–Trinajstić information content (AvgIpc) is 2.80. The van der Waals surface area contributed by atoms with Crippen LogP contribution in [0.3, 0.4) is 0 Å². The van der Waals surface area contributed by atoms with Crippen molar-refractivity contribution in [2.24, 2.45) is 11.8 Å². The predicted molar refractivity (Wildman–Crippen MR) is 60.7 cm³/mol. The number of rotatable bonds is 3. The van der Waals surface area contributed by atoms with E-state index in [2.05, 4.69) is 10.6 Å². The molecule has 1 atom stereocenters. The van der Waals surface area contributed by atoms with Crippen LogP contribution < -0.4 is 10.6 Å². The Morgan fingerprint density at radius 3 is 2.69 bits per heavy atom. The first kappa shape index (κ1) is 11.4. The Kier molecular flexibility index (Phi) is 3.80. The fourth-order valence-corrected chi connectivity index (χ4v) is 2.56. The van der Waals surface area contributed by atoms with Crippen molar-refractivity contribution >= 4 is 11.8 Å². The van der Waals surface area contributed by atoms with Crippen LogP contribution in [0.5, 0.6) is 0 Å². The summed E-state index contributed by atoms with van der Waals surface area (Å²) in [6, 6.07) is 0. The molecule has 0 radical (unpaired) electrons. The Hall–Kier alpha value is -1.06. The molecule has 2 amide bonds. The molecular weight excluding hydrogens is 204 g/mol. The van der Waals surface area contributed by atoms with E-state index in [1.54, 1.807) is 0 Å². The van der Waals surface area contributed by atoms with Crippen LogP contribution >= 0.6 is 0 Å². The first-order chi connectivity index (χ1) is 7.75. The minimum atomic E-state index is -0.0147. The van der Waals surface area contributed by atoms with Crippen LogP contribution in [0.2, 0.25) is 0 Å². The van der Waals surface area contributed by atoms with Gasteiger partial charge in [-0.3, -0.25) is 9.59 Å². The highest BCUT2D eigenvalue weighted by molar-refractivity contribution is 5.83. The van der Waals surface area contributed by atoms with Gasteiger partial charge in [-0.1, -0.05) is 12.8 Å². The third-order valence-electron chi connectivity index (χ3n) is 3.68. The molecule has 1 saturated heterocycles. The smallest absolute Gasteiger partial charge is 0.224 e. The standard InChI is InChI=1S/C12H20N2O2/c15-11-6-5-10(8-13-11)12(16)14-7-9-3-1-2-4-9/h9-10H,1-8H2,(H,13,15)(H,14,16). The SMILES string of the molecule is O=C1CCC(C(=O)NCC2CCCC2)CN1. The molecule has 2 fully saturated rings. The van der Waals surface area contributed by atoms with E-state index in [1.165, 1.54) is 25.7 Å². The van der Waals surface area contributed by atoms with Gasteiger partial charge in [-0.05, 0) is 25.2 Å². The molecule has 0 aromatic heterocycles. The highest BCUT2D eigenvalue weighted by Gasteiger charge is 2.25. The summed E-state index contributed by atoms with van der Waals surface area (Å²) in [7, 11) is 0. The third kappa shape index (κ3) is 2.97. The Balaban J connectivity index is 1.68. The lowest BCUT2D eigenvalue weighted by atomic mass is 9.98. The zero-order chi connectivity index (χ0) is 11.4. The summed E-state index contributed by atoms with van der Waals surface area (Å²) in [6.45, 7) is 1.33. The first-order valence-electron chi connectivity index (χ1n) is 6.30. The Morgan fingerprint density at radius 1 is 1.31 bits per heavy atom. The van der Waals surface area contributed by atoms with Crippen molar-refractivity contribution in [3.63, 3.8) is 0 Å². The molecule has 2 N–H and O–H groups in total. The van der Waals surface area contributed by atoms with Crippen molar-refractivity contribution in [3.05, 3.63) is 0 Å². The fraction of sp³-hybridized carbons (Fsp3) is 0.833. The molecule has 1 heterocycles. The van der Waals surface area contributed by atoms with Crippen molar-refractivity contribution in [1.29, 1.82) is 0 Å². The van der Waals surface area contributed by atoms with Crippen molar-refractivity contribution in [1.82, 2.24) is 10.6 Å². The molecule has 4 heteroatoms. The molecule has 2 aliphatic rings. The van der Waals surface area contributed by atoms with Crippen molar-refractivity contribution in [3.8, 4) is 0 Å². The summed E-state index contributed by atoms with van der Waals surface area (Å²) in [5, 5.41) is 5.76. The van der Waals surface area contributed by atoms with Crippen molar-refractivity contribution in [2.75, 3.05) is 13.1 Å². The van der Waals surface area contributed by atoms with Gasteiger partial charge >= 0.3 is 0 Å². The second-order valence-electron chi connectivity index (χ2n) is 4.94. The van der Waals surface area contributed by atoms with Gasteiger partial charge in [0, 0.05) is 19.5 Å². The molecule has 0 aromatic rings. The highest BCUT2D eigenvalue weighted by atomic mass is 16.2. The van der Waals surface area contributed by atoms with Gasteiger partial charge in [-0.2, -0.15) is 0 Å². The molecule has 2 rings (SSSR count). The van der Waals surface area contributed by atoms with Crippen LogP contribution in [-0.2, 0) is 9.59 Å². The Labute approximate surface area is 96.2 Å². The first-order valence-corrected chi connectivity index (χ1v) is 6.30. The maximum atomic E-state index is 11.8. The van der Waals surface area contributed by atoms with Crippen LogP contribution in [0.1, 0.15) is 38.5 Å². The molecule has 4 nitrogen and oxygen atoms in total. The van der Waals surface area contributed by atoms with Crippen LogP contribution in [0.25, 0.3) is 0 Å². The molecule has 1 saturated carbocycles. The number of hydrogen-bond donors (Lipinski definition) is 2. The number of hydrogen-bond acceptors (Lipinski definition) is 2. The molecule has 16 heavy (non-hydrogen) atoms. The van der Waals surface area contributed by atoms with Gasteiger partial charge < -0.3 is 10.6 Å². The summed E-state index contributed by atoms with van der Waals surface area (Å²) >= 11 is 0. The summed E-state index contributed by atoms with van der Waals surface area (Å²) in [6.07, 6.45) is 6.30. The quantitative estimate of drug-likeness (QED) is 0.745. The van der Waals surface area contributed by atoms with E-state index in [4.69, 9.17) is 0 Å². The second kappa shape index (κ2) is 5.32. The molecule has 0 spiro atoms. The zero-order valence-corrected chi connectivity index (χ0v) is 9.63. The highest BCUT2D eigenvalue weighted by Crippen LogP contribution is 2.23. The third-order valence-corrected chi connectivity index (χ3v) is 3.68. The minimum absolute atomic E-state index is 0.0147. The zero-order valence-electron chi connectivity index (χ0n) is 9.63. The van der Waals surface area contributed by atoms with Gasteiger partial charge in [-0.25, -0.2) is 0 Å². The summed E-state index contributed by atoms with van der Waals surface area (Å²) in [5.74, 6) is 0.855.